The van der Waals surface area contributed by atoms with Crippen molar-refractivity contribution in [3.8, 4) is 0 Å². The molecule has 18 heavy (non-hydrogen) atoms. The van der Waals surface area contributed by atoms with E-state index in [4.69, 9.17) is 5.73 Å². The SMILES string of the molecule is NC(c1cccc(C(F)(F)F)c1)C1CC2CC2C1. The predicted molar refractivity (Wildman–Crippen MR) is 62.7 cm³/mol. The van der Waals surface area contributed by atoms with Crippen molar-refractivity contribution in [2.75, 3.05) is 0 Å². The van der Waals surface area contributed by atoms with E-state index < -0.39 is 11.7 Å². The molecule has 2 aliphatic rings. The van der Waals surface area contributed by atoms with Crippen molar-refractivity contribution < 1.29 is 13.2 Å². The van der Waals surface area contributed by atoms with Crippen LogP contribution < -0.4 is 5.73 Å². The van der Waals surface area contributed by atoms with Crippen LogP contribution in [0.25, 0.3) is 0 Å². The Bertz CT molecular complexity index is 445. The molecule has 3 rings (SSSR count). The smallest absolute Gasteiger partial charge is 0.324 e. The lowest BCUT2D eigenvalue weighted by Crippen LogP contribution is -2.21. The molecule has 4 heteroatoms. The maximum absolute atomic E-state index is 12.6. The fraction of sp³-hybridized carbons (Fsp3) is 0.571. The molecule has 1 aromatic carbocycles. The average Bonchev–Trinajstić information content (AvgIpc) is 2.94. The van der Waals surface area contributed by atoms with Crippen molar-refractivity contribution in [3.63, 3.8) is 0 Å². The zero-order valence-electron chi connectivity index (χ0n) is 9.95. The molecule has 0 amide bonds. The van der Waals surface area contributed by atoms with Gasteiger partial charge in [-0.15, -0.1) is 0 Å². The third-order valence-electron chi connectivity index (χ3n) is 4.39. The highest BCUT2D eigenvalue weighted by molar-refractivity contribution is 5.28. The molecular formula is C14H16F3N. The van der Waals surface area contributed by atoms with Gasteiger partial charge < -0.3 is 5.73 Å². The monoisotopic (exact) mass is 255 g/mol. The van der Waals surface area contributed by atoms with Crippen molar-refractivity contribution in [1.29, 1.82) is 0 Å². The minimum absolute atomic E-state index is 0.250. The van der Waals surface area contributed by atoms with Crippen molar-refractivity contribution >= 4 is 0 Å². The standard InChI is InChI=1S/C14H16F3N/c15-14(16,17)12-3-1-2-8(7-12)13(18)11-5-9-4-10(9)6-11/h1-3,7,9-11,13H,4-6,18H2. The lowest BCUT2D eigenvalue weighted by Gasteiger charge is -2.21. The van der Waals surface area contributed by atoms with E-state index in [1.165, 1.54) is 18.6 Å². The molecule has 2 saturated carbocycles. The van der Waals surface area contributed by atoms with Gasteiger partial charge in [0.25, 0.3) is 0 Å². The van der Waals surface area contributed by atoms with Gasteiger partial charge in [-0.05, 0) is 54.7 Å². The number of hydrogen-bond acceptors (Lipinski definition) is 1. The topological polar surface area (TPSA) is 26.0 Å². The van der Waals surface area contributed by atoms with Crippen LogP contribution in [0.3, 0.4) is 0 Å². The van der Waals surface area contributed by atoms with Crippen LogP contribution >= 0.6 is 0 Å². The fourth-order valence-electron chi connectivity index (χ4n) is 3.25. The highest BCUT2D eigenvalue weighted by atomic mass is 19.4. The predicted octanol–water partition coefficient (Wildman–Crippen LogP) is 3.75. The van der Waals surface area contributed by atoms with E-state index in [9.17, 15) is 13.2 Å². The van der Waals surface area contributed by atoms with Crippen LogP contribution in [0.1, 0.15) is 36.4 Å². The number of hydrogen-bond donors (Lipinski definition) is 1. The van der Waals surface area contributed by atoms with Gasteiger partial charge in [0, 0.05) is 6.04 Å². The van der Waals surface area contributed by atoms with E-state index in [2.05, 4.69) is 0 Å². The minimum Gasteiger partial charge on any atom is -0.324 e. The molecule has 0 heterocycles. The highest BCUT2D eigenvalue weighted by Crippen LogP contribution is 2.56. The number of alkyl halides is 3. The molecule has 2 aliphatic carbocycles. The molecule has 1 nitrogen and oxygen atoms in total. The number of halogens is 3. The van der Waals surface area contributed by atoms with Gasteiger partial charge in [0.2, 0.25) is 0 Å². The molecule has 0 saturated heterocycles. The van der Waals surface area contributed by atoms with Gasteiger partial charge in [0.1, 0.15) is 0 Å². The van der Waals surface area contributed by atoms with Gasteiger partial charge >= 0.3 is 6.18 Å². The Hall–Kier alpha value is -1.03. The van der Waals surface area contributed by atoms with Crippen molar-refractivity contribution in [2.45, 2.75) is 31.5 Å². The Morgan fingerprint density at radius 2 is 1.78 bits per heavy atom. The van der Waals surface area contributed by atoms with E-state index in [0.29, 0.717) is 11.5 Å². The van der Waals surface area contributed by atoms with E-state index in [1.54, 1.807) is 6.07 Å². The van der Waals surface area contributed by atoms with E-state index in [1.807, 2.05) is 0 Å². The molecule has 3 unspecified atom stereocenters. The summed E-state index contributed by atoms with van der Waals surface area (Å²) in [7, 11) is 0. The molecule has 2 fully saturated rings. The third kappa shape index (κ3) is 2.14. The third-order valence-corrected chi connectivity index (χ3v) is 4.39. The molecule has 3 atom stereocenters. The van der Waals surface area contributed by atoms with Crippen LogP contribution in [0.4, 0.5) is 13.2 Å². The van der Waals surface area contributed by atoms with Gasteiger partial charge in [-0.2, -0.15) is 13.2 Å². The Morgan fingerprint density at radius 3 is 2.39 bits per heavy atom. The summed E-state index contributed by atoms with van der Waals surface area (Å²) >= 11 is 0. The molecule has 0 radical (unpaired) electrons. The quantitative estimate of drug-likeness (QED) is 0.855. The second-order valence-corrected chi connectivity index (χ2v) is 5.64. The molecule has 98 valence electrons. The minimum atomic E-state index is -4.28. The lowest BCUT2D eigenvalue weighted by molar-refractivity contribution is -0.137. The van der Waals surface area contributed by atoms with Crippen LogP contribution in [-0.2, 0) is 6.18 Å². The second-order valence-electron chi connectivity index (χ2n) is 5.64. The normalized spacial score (nSPS) is 32.1. The van der Waals surface area contributed by atoms with Crippen LogP contribution in [0, 0.1) is 17.8 Å². The first kappa shape index (κ1) is 12.0. The van der Waals surface area contributed by atoms with Crippen LogP contribution in [0.15, 0.2) is 24.3 Å². The Morgan fingerprint density at radius 1 is 1.11 bits per heavy atom. The van der Waals surface area contributed by atoms with Gasteiger partial charge in [0.05, 0.1) is 5.56 Å². The van der Waals surface area contributed by atoms with Crippen molar-refractivity contribution in [1.82, 2.24) is 0 Å². The second kappa shape index (κ2) is 3.98. The first-order valence-corrected chi connectivity index (χ1v) is 6.38. The molecule has 2 N–H and O–H groups in total. The molecular weight excluding hydrogens is 239 g/mol. The molecule has 0 aliphatic heterocycles. The summed E-state index contributed by atoms with van der Waals surface area (Å²) in [6, 6.07) is 5.22. The Labute approximate surface area is 104 Å². The van der Waals surface area contributed by atoms with E-state index in [-0.39, 0.29) is 6.04 Å². The summed E-state index contributed by atoms with van der Waals surface area (Å²) < 4.78 is 37.9. The lowest BCUT2D eigenvalue weighted by atomic mass is 9.89. The summed E-state index contributed by atoms with van der Waals surface area (Å²) in [5, 5.41) is 0. The Balaban J connectivity index is 1.79. The average molecular weight is 255 g/mol. The largest absolute Gasteiger partial charge is 0.416 e. The zero-order chi connectivity index (χ0) is 12.9. The maximum Gasteiger partial charge on any atom is 0.416 e. The van der Waals surface area contributed by atoms with Crippen molar-refractivity contribution in [2.24, 2.45) is 23.5 Å². The molecule has 0 spiro atoms. The summed E-state index contributed by atoms with van der Waals surface area (Å²) in [5.74, 6) is 1.95. The summed E-state index contributed by atoms with van der Waals surface area (Å²) in [4.78, 5) is 0. The van der Waals surface area contributed by atoms with Crippen molar-refractivity contribution in [3.05, 3.63) is 35.4 Å². The number of rotatable bonds is 2. The summed E-state index contributed by atoms with van der Waals surface area (Å²) in [5.41, 5.74) is 6.15. The van der Waals surface area contributed by atoms with Gasteiger partial charge in [0.15, 0.2) is 0 Å². The zero-order valence-corrected chi connectivity index (χ0v) is 9.95. The van der Waals surface area contributed by atoms with Crippen LogP contribution in [0.5, 0.6) is 0 Å². The summed E-state index contributed by atoms with van der Waals surface area (Å²) in [6.07, 6.45) is -0.816. The fourth-order valence-corrected chi connectivity index (χ4v) is 3.25. The van der Waals surface area contributed by atoms with Gasteiger partial charge in [-0.3, -0.25) is 0 Å². The molecule has 0 bridgehead atoms. The Kier molecular flexibility index (Phi) is 2.66. The number of benzene rings is 1. The van der Waals surface area contributed by atoms with E-state index in [0.717, 1.165) is 30.7 Å². The molecule has 0 aromatic heterocycles. The first-order chi connectivity index (χ1) is 8.45. The summed E-state index contributed by atoms with van der Waals surface area (Å²) in [6.45, 7) is 0. The number of fused-ring (bicyclic) bond motifs is 1. The highest BCUT2D eigenvalue weighted by Gasteiger charge is 2.47. The van der Waals surface area contributed by atoms with Crippen LogP contribution in [-0.4, -0.2) is 0 Å². The molecule has 1 aromatic rings. The van der Waals surface area contributed by atoms with Gasteiger partial charge in [-0.1, -0.05) is 12.1 Å². The number of nitrogens with two attached hydrogens (primary N) is 1. The van der Waals surface area contributed by atoms with Gasteiger partial charge in [-0.25, -0.2) is 0 Å². The first-order valence-electron chi connectivity index (χ1n) is 6.38. The maximum atomic E-state index is 12.6. The van der Waals surface area contributed by atoms with E-state index >= 15 is 0 Å². The van der Waals surface area contributed by atoms with Crippen LogP contribution in [0.2, 0.25) is 0 Å².